The molecule has 0 aliphatic rings. The zero-order valence-corrected chi connectivity index (χ0v) is 9.96. The Bertz CT molecular complexity index is 593. The predicted octanol–water partition coefficient (Wildman–Crippen LogP) is 1.77. The molecule has 94 valence electrons. The molecule has 0 fully saturated rings. The molecule has 2 rings (SSSR count). The molecule has 2 aromatic rings. The minimum absolute atomic E-state index is 0.234. The molecule has 0 bridgehead atoms. The van der Waals surface area contributed by atoms with E-state index in [0.29, 0.717) is 0 Å². The van der Waals surface area contributed by atoms with E-state index in [2.05, 4.69) is 10.3 Å². The van der Waals surface area contributed by atoms with Gasteiger partial charge in [-0.2, -0.15) is 0 Å². The van der Waals surface area contributed by atoms with E-state index in [1.165, 1.54) is 30.8 Å². The molecular weight excluding hydrogens is 237 g/mol. The molecule has 0 saturated carbocycles. The summed E-state index contributed by atoms with van der Waals surface area (Å²) in [6.07, 6.45) is 1.42. The summed E-state index contributed by atoms with van der Waals surface area (Å²) in [5.74, 6) is -1.45. The summed E-state index contributed by atoms with van der Waals surface area (Å²) in [4.78, 5) is 11.1. The molecule has 0 radical (unpaired) electrons. The first-order chi connectivity index (χ1) is 8.43. The molecule has 1 heterocycles. The molecule has 0 amide bonds. The Hall–Kier alpha value is -2.24. The molecule has 6 heteroatoms. The van der Waals surface area contributed by atoms with E-state index in [0.717, 1.165) is 0 Å². The predicted molar refractivity (Wildman–Crippen MR) is 62.0 cm³/mol. The highest BCUT2D eigenvalue weighted by atomic mass is 19.1. The molecule has 0 atom stereocenters. The molecule has 0 aliphatic heterocycles. The van der Waals surface area contributed by atoms with E-state index in [-0.39, 0.29) is 11.4 Å². The number of carboxylic acids is 1. The summed E-state index contributed by atoms with van der Waals surface area (Å²) in [5, 5.41) is 16.6. The van der Waals surface area contributed by atoms with Crippen molar-refractivity contribution in [2.24, 2.45) is 0 Å². The van der Waals surface area contributed by atoms with Crippen molar-refractivity contribution >= 4 is 5.97 Å². The van der Waals surface area contributed by atoms with E-state index >= 15 is 0 Å². The average molecular weight is 249 g/mol. The third-order valence-corrected chi connectivity index (χ3v) is 2.77. The van der Waals surface area contributed by atoms with Gasteiger partial charge < -0.3 is 5.11 Å². The fourth-order valence-corrected chi connectivity index (χ4v) is 1.42. The smallest absolute Gasteiger partial charge is 0.315 e. The highest BCUT2D eigenvalue weighted by Crippen LogP contribution is 2.22. The SMILES string of the molecule is CC(C)(C(=O)O)c1cn(-c2ccccc2F)nn1. The molecular formula is C12H12FN3O2. The summed E-state index contributed by atoms with van der Waals surface area (Å²) < 4.78 is 14.8. The zero-order chi connectivity index (χ0) is 13.3. The fourth-order valence-electron chi connectivity index (χ4n) is 1.42. The first-order valence-electron chi connectivity index (χ1n) is 5.34. The first-order valence-corrected chi connectivity index (χ1v) is 5.34. The van der Waals surface area contributed by atoms with Gasteiger partial charge in [0.15, 0.2) is 0 Å². The molecule has 0 spiro atoms. The Morgan fingerprint density at radius 3 is 2.67 bits per heavy atom. The van der Waals surface area contributed by atoms with Crippen molar-refractivity contribution < 1.29 is 14.3 Å². The topological polar surface area (TPSA) is 68.0 Å². The van der Waals surface area contributed by atoms with Crippen molar-refractivity contribution in [2.45, 2.75) is 19.3 Å². The van der Waals surface area contributed by atoms with Gasteiger partial charge in [-0.05, 0) is 26.0 Å². The van der Waals surface area contributed by atoms with E-state index < -0.39 is 17.2 Å². The number of hydrogen-bond acceptors (Lipinski definition) is 3. The quantitative estimate of drug-likeness (QED) is 0.900. The summed E-state index contributed by atoms with van der Waals surface area (Å²) in [6.45, 7) is 3.04. The number of carbonyl (C=O) groups is 1. The van der Waals surface area contributed by atoms with E-state index in [1.807, 2.05) is 0 Å². The zero-order valence-electron chi connectivity index (χ0n) is 9.96. The van der Waals surface area contributed by atoms with Crippen molar-refractivity contribution in [3.05, 3.63) is 42.0 Å². The Morgan fingerprint density at radius 2 is 2.06 bits per heavy atom. The molecule has 1 aromatic carbocycles. The molecule has 1 aromatic heterocycles. The maximum atomic E-state index is 13.5. The number of para-hydroxylation sites is 1. The molecule has 0 saturated heterocycles. The second kappa shape index (κ2) is 4.21. The van der Waals surface area contributed by atoms with Crippen LogP contribution in [0.3, 0.4) is 0 Å². The second-order valence-corrected chi connectivity index (χ2v) is 4.43. The van der Waals surface area contributed by atoms with Gasteiger partial charge in [0.2, 0.25) is 0 Å². The largest absolute Gasteiger partial charge is 0.481 e. The van der Waals surface area contributed by atoms with Gasteiger partial charge in [0.1, 0.15) is 16.9 Å². The van der Waals surface area contributed by atoms with Crippen molar-refractivity contribution in [1.82, 2.24) is 15.0 Å². The Balaban J connectivity index is 2.44. The monoisotopic (exact) mass is 249 g/mol. The van der Waals surface area contributed by atoms with Crippen LogP contribution in [0.4, 0.5) is 4.39 Å². The minimum atomic E-state index is -1.16. The number of rotatable bonds is 3. The number of carboxylic acid groups (broad SMARTS) is 1. The third kappa shape index (κ3) is 1.97. The van der Waals surface area contributed by atoms with Crippen molar-refractivity contribution in [3.63, 3.8) is 0 Å². The van der Waals surface area contributed by atoms with Crippen LogP contribution in [0.25, 0.3) is 5.69 Å². The maximum Gasteiger partial charge on any atom is 0.315 e. The van der Waals surface area contributed by atoms with Crippen LogP contribution < -0.4 is 0 Å². The summed E-state index contributed by atoms with van der Waals surface area (Å²) in [7, 11) is 0. The number of hydrogen-bond donors (Lipinski definition) is 1. The molecule has 0 unspecified atom stereocenters. The fraction of sp³-hybridized carbons (Fsp3) is 0.250. The number of benzene rings is 1. The Morgan fingerprint density at radius 1 is 1.39 bits per heavy atom. The number of nitrogens with zero attached hydrogens (tertiary/aromatic N) is 3. The van der Waals surface area contributed by atoms with Crippen molar-refractivity contribution in [2.75, 3.05) is 0 Å². The van der Waals surface area contributed by atoms with Gasteiger partial charge >= 0.3 is 5.97 Å². The van der Waals surface area contributed by atoms with Crippen LogP contribution in [0, 0.1) is 5.82 Å². The van der Waals surface area contributed by atoms with Gasteiger partial charge in [0, 0.05) is 0 Å². The van der Waals surface area contributed by atoms with Crippen LogP contribution in [-0.2, 0) is 10.2 Å². The lowest BCUT2D eigenvalue weighted by Gasteiger charge is -2.14. The lowest BCUT2D eigenvalue weighted by Crippen LogP contribution is -2.28. The molecule has 5 nitrogen and oxygen atoms in total. The minimum Gasteiger partial charge on any atom is -0.481 e. The maximum absolute atomic E-state index is 13.5. The molecule has 0 aliphatic carbocycles. The Kier molecular flexibility index (Phi) is 2.86. The van der Waals surface area contributed by atoms with Gasteiger partial charge in [-0.3, -0.25) is 4.79 Å². The van der Waals surface area contributed by atoms with Gasteiger partial charge in [0.25, 0.3) is 0 Å². The van der Waals surface area contributed by atoms with Crippen LogP contribution in [0.1, 0.15) is 19.5 Å². The van der Waals surface area contributed by atoms with Crippen LogP contribution in [-0.4, -0.2) is 26.1 Å². The summed E-state index contributed by atoms with van der Waals surface area (Å²) in [5.41, 5.74) is -0.653. The normalized spacial score (nSPS) is 11.5. The lowest BCUT2D eigenvalue weighted by molar-refractivity contribution is -0.142. The van der Waals surface area contributed by atoms with Crippen molar-refractivity contribution in [1.29, 1.82) is 0 Å². The van der Waals surface area contributed by atoms with Crippen LogP contribution in [0.15, 0.2) is 30.5 Å². The first kappa shape index (κ1) is 12.2. The van der Waals surface area contributed by atoms with Gasteiger partial charge in [-0.1, -0.05) is 17.3 Å². The van der Waals surface area contributed by atoms with Gasteiger partial charge in [-0.25, -0.2) is 9.07 Å². The van der Waals surface area contributed by atoms with Crippen LogP contribution >= 0.6 is 0 Å². The number of halogens is 1. The Labute approximate surface area is 103 Å². The summed E-state index contributed by atoms with van der Waals surface area (Å²) >= 11 is 0. The second-order valence-electron chi connectivity index (χ2n) is 4.43. The lowest BCUT2D eigenvalue weighted by atomic mass is 9.90. The number of aliphatic carboxylic acids is 1. The molecule has 18 heavy (non-hydrogen) atoms. The molecule has 1 N–H and O–H groups in total. The van der Waals surface area contributed by atoms with Crippen LogP contribution in [0.2, 0.25) is 0 Å². The van der Waals surface area contributed by atoms with Crippen molar-refractivity contribution in [3.8, 4) is 5.69 Å². The number of aromatic nitrogens is 3. The van der Waals surface area contributed by atoms with Gasteiger partial charge in [-0.15, -0.1) is 5.10 Å². The third-order valence-electron chi connectivity index (χ3n) is 2.77. The van der Waals surface area contributed by atoms with E-state index in [4.69, 9.17) is 5.11 Å². The van der Waals surface area contributed by atoms with E-state index in [1.54, 1.807) is 18.2 Å². The standard InChI is InChI=1S/C12H12FN3O2/c1-12(2,11(17)18)10-7-16(15-14-10)9-6-4-3-5-8(9)13/h3-7H,1-2H3,(H,17,18). The van der Waals surface area contributed by atoms with Gasteiger partial charge in [0.05, 0.1) is 11.9 Å². The summed E-state index contributed by atoms with van der Waals surface area (Å²) in [6, 6.07) is 6.08. The highest BCUT2D eigenvalue weighted by Gasteiger charge is 2.32. The van der Waals surface area contributed by atoms with E-state index in [9.17, 15) is 9.18 Å². The highest BCUT2D eigenvalue weighted by molar-refractivity contribution is 5.79. The average Bonchev–Trinajstić information content (AvgIpc) is 2.79. The van der Waals surface area contributed by atoms with Crippen LogP contribution in [0.5, 0.6) is 0 Å².